The van der Waals surface area contributed by atoms with Gasteiger partial charge in [-0.3, -0.25) is 0 Å². The molecule has 2 nitrogen and oxygen atoms in total. The molecule has 68 valence electrons. The number of hydrogen-bond acceptors (Lipinski definition) is 1. The van der Waals surface area contributed by atoms with Crippen molar-refractivity contribution in [2.24, 2.45) is 0 Å². The van der Waals surface area contributed by atoms with Gasteiger partial charge < -0.3 is 9.88 Å². The predicted molar refractivity (Wildman–Crippen MR) is 52.3 cm³/mol. The highest BCUT2D eigenvalue weighted by molar-refractivity contribution is 5.26. The largest absolute Gasteiger partial charge is 0.349 e. The zero-order chi connectivity index (χ0) is 9.14. The van der Waals surface area contributed by atoms with E-state index in [1.165, 1.54) is 17.0 Å². The fraction of sp³-hybridized carbons (Fsp3) is 0.600. The molecule has 1 aromatic heterocycles. The van der Waals surface area contributed by atoms with Crippen LogP contribution in [0.3, 0.4) is 0 Å². The van der Waals surface area contributed by atoms with Crippen molar-refractivity contribution >= 4 is 0 Å². The normalized spacial score (nSPS) is 10.7. The Hall–Kier alpha value is -0.760. The van der Waals surface area contributed by atoms with Crippen LogP contribution >= 0.6 is 0 Å². The highest BCUT2D eigenvalue weighted by Crippen LogP contribution is 2.14. The molecule has 0 amide bonds. The van der Waals surface area contributed by atoms with E-state index in [0.717, 1.165) is 13.1 Å². The van der Waals surface area contributed by atoms with E-state index in [4.69, 9.17) is 0 Å². The quantitative estimate of drug-likeness (QED) is 0.725. The maximum absolute atomic E-state index is 3.18. The van der Waals surface area contributed by atoms with Gasteiger partial charge in [0.15, 0.2) is 0 Å². The standard InChI is InChI=1S/C10H18N2/c1-5-12-8(2)6-10(7-11-4)9(12)3/h6,11H,5,7H2,1-4H3. The summed E-state index contributed by atoms with van der Waals surface area (Å²) in [6.07, 6.45) is 0. The molecule has 0 aliphatic rings. The Bertz CT molecular complexity index is 261. The van der Waals surface area contributed by atoms with Crippen molar-refractivity contribution in [1.29, 1.82) is 0 Å². The Balaban J connectivity index is 3.00. The summed E-state index contributed by atoms with van der Waals surface area (Å²) in [6.45, 7) is 8.57. The molecule has 1 aromatic rings. The van der Waals surface area contributed by atoms with Crippen LogP contribution in [0.1, 0.15) is 23.9 Å². The Kier molecular flexibility index (Phi) is 2.93. The van der Waals surface area contributed by atoms with E-state index in [9.17, 15) is 0 Å². The minimum absolute atomic E-state index is 0.972. The Morgan fingerprint density at radius 1 is 1.42 bits per heavy atom. The van der Waals surface area contributed by atoms with Crippen molar-refractivity contribution in [3.8, 4) is 0 Å². The molecule has 0 saturated heterocycles. The summed E-state index contributed by atoms with van der Waals surface area (Å²) in [4.78, 5) is 0. The number of nitrogens with zero attached hydrogens (tertiary/aromatic N) is 1. The van der Waals surface area contributed by atoms with Gasteiger partial charge in [-0.05, 0) is 39.4 Å². The van der Waals surface area contributed by atoms with Crippen LogP contribution in [0.5, 0.6) is 0 Å². The van der Waals surface area contributed by atoms with Crippen molar-refractivity contribution < 1.29 is 0 Å². The molecule has 0 radical (unpaired) electrons. The van der Waals surface area contributed by atoms with E-state index in [2.05, 4.69) is 36.7 Å². The van der Waals surface area contributed by atoms with Crippen LogP contribution in [0.25, 0.3) is 0 Å². The monoisotopic (exact) mass is 166 g/mol. The Morgan fingerprint density at radius 3 is 2.50 bits per heavy atom. The Morgan fingerprint density at radius 2 is 2.08 bits per heavy atom. The second-order valence-corrected chi connectivity index (χ2v) is 3.17. The van der Waals surface area contributed by atoms with Crippen LogP contribution in [-0.2, 0) is 13.1 Å². The number of nitrogens with one attached hydrogen (secondary N) is 1. The number of hydrogen-bond donors (Lipinski definition) is 1. The maximum Gasteiger partial charge on any atom is 0.0220 e. The number of aryl methyl sites for hydroxylation is 1. The van der Waals surface area contributed by atoms with E-state index in [0.29, 0.717) is 0 Å². The molecule has 1 heterocycles. The molecule has 1 N–H and O–H groups in total. The van der Waals surface area contributed by atoms with Gasteiger partial charge in [-0.25, -0.2) is 0 Å². The first-order valence-corrected chi connectivity index (χ1v) is 4.51. The summed E-state index contributed by atoms with van der Waals surface area (Å²) in [7, 11) is 1.98. The summed E-state index contributed by atoms with van der Waals surface area (Å²) in [6, 6.07) is 2.26. The third-order valence-electron chi connectivity index (χ3n) is 2.36. The molecular formula is C10H18N2. The average molecular weight is 166 g/mol. The smallest absolute Gasteiger partial charge is 0.0220 e. The number of rotatable bonds is 3. The second kappa shape index (κ2) is 3.76. The summed E-state index contributed by atoms with van der Waals surface area (Å²) in [5.74, 6) is 0. The molecule has 0 bridgehead atoms. The van der Waals surface area contributed by atoms with Crippen molar-refractivity contribution in [1.82, 2.24) is 9.88 Å². The van der Waals surface area contributed by atoms with Gasteiger partial charge in [0.25, 0.3) is 0 Å². The van der Waals surface area contributed by atoms with Crippen molar-refractivity contribution in [3.05, 3.63) is 23.0 Å². The van der Waals surface area contributed by atoms with Crippen LogP contribution in [0, 0.1) is 13.8 Å². The first kappa shape index (κ1) is 9.33. The van der Waals surface area contributed by atoms with Gasteiger partial charge in [-0.2, -0.15) is 0 Å². The van der Waals surface area contributed by atoms with Gasteiger partial charge >= 0.3 is 0 Å². The molecule has 0 aliphatic carbocycles. The van der Waals surface area contributed by atoms with Crippen molar-refractivity contribution in [2.45, 2.75) is 33.9 Å². The molecule has 0 saturated carbocycles. The van der Waals surface area contributed by atoms with Crippen LogP contribution in [0.2, 0.25) is 0 Å². The molecular weight excluding hydrogens is 148 g/mol. The van der Waals surface area contributed by atoms with E-state index >= 15 is 0 Å². The van der Waals surface area contributed by atoms with Crippen LogP contribution in [-0.4, -0.2) is 11.6 Å². The topological polar surface area (TPSA) is 17.0 Å². The summed E-state index contributed by atoms with van der Waals surface area (Å²) in [5, 5.41) is 3.18. The molecule has 0 aromatic carbocycles. The lowest BCUT2D eigenvalue weighted by atomic mass is 10.2. The minimum atomic E-state index is 0.972. The van der Waals surface area contributed by atoms with Crippen LogP contribution < -0.4 is 5.32 Å². The van der Waals surface area contributed by atoms with Crippen molar-refractivity contribution in [3.63, 3.8) is 0 Å². The molecule has 0 aliphatic heterocycles. The SMILES string of the molecule is CCn1c(C)cc(CNC)c1C. The van der Waals surface area contributed by atoms with E-state index < -0.39 is 0 Å². The summed E-state index contributed by atoms with van der Waals surface area (Å²) in [5.41, 5.74) is 4.17. The summed E-state index contributed by atoms with van der Waals surface area (Å²) < 4.78 is 2.34. The van der Waals surface area contributed by atoms with Crippen molar-refractivity contribution in [2.75, 3.05) is 7.05 Å². The predicted octanol–water partition coefficient (Wildman–Crippen LogP) is 1.84. The first-order chi connectivity index (χ1) is 5.70. The molecule has 2 heteroatoms. The maximum atomic E-state index is 3.18. The third-order valence-corrected chi connectivity index (χ3v) is 2.36. The van der Waals surface area contributed by atoms with Gasteiger partial charge in [-0.1, -0.05) is 0 Å². The molecule has 12 heavy (non-hydrogen) atoms. The van der Waals surface area contributed by atoms with Gasteiger partial charge in [0.1, 0.15) is 0 Å². The second-order valence-electron chi connectivity index (χ2n) is 3.17. The van der Waals surface area contributed by atoms with Gasteiger partial charge in [-0.15, -0.1) is 0 Å². The first-order valence-electron chi connectivity index (χ1n) is 4.51. The lowest BCUT2D eigenvalue weighted by Gasteiger charge is -2.05. The minimum Gasteiger partial charge on any atom is -0.349 e. The summed E-state index contributed by atoms with van der Waals surface area (Å²) >= 11 is 0. The fourth-order valence-corrected chi connectivity index (χ4v) is 1.73. The van der Waals surface area contributed by atoms with Gasteiger partial charge in [0, 0.05) is 24.5 Å². The fourth-order valence-electron chi connectivity index (χ4n) is 1.73. The molecule has 0 spiro atoms. The highest BCUT2D eigenvalue weighted by Gasteiger charge is 2.05. The average Bonchev–Trinajstić information content (AvgIpc) is 2.29. The van der Waals surface area contributed by atoms with E-state index in [-0.39, 0.29) is 0 Å². The van der Waals surface area contributed by atoms with E-state index in [1.54, 1.807) is 0 Å². The Labute approximate surface area is 74.6 Å². The number of aromatic nitrogens is 1. The van der Waals surface area contributed by atoms with E-state index in [1.807, 2.05) is 7.05 Å². The third kappa shape index (κ3) is 1.53. The zero-order valence-corrected chi connectivity index (χ0v) is 8.44. The van der Waals surface area contributed by atoms with Gasteiger partial charge in [0.05, 0.1) is 0 Å². The molecule has 0 fully saturated rings. The zero-order valence-electron chi connectivity index (χ0n) is 8.44. The van der Waals surface area contributed by atoms with Crippen LogP contribution in [0.15, 0.2) is 6.07 Å². The molecule has 0 unspecified atom stereocenters. The molecule has 1 rings (SSSR count). The highest BCUT2D eigenvalue weighted by atomic mass is 15.0. The molecule has 0 atom stereocenters. The lowest BCUT2D eigenvalue weighted by molar-refractivity contribution is 0.708. The van der Waals surface area contributed by atoms with Crippen LogP contribution in [0.4, 0.5) is 0 Å². The van der Waals surface area contributed by atoms with Gasteiger partial charge in [0.2, 0.25) is 0 Å². The lowest BCUT2D eigenvalue weighted by Crippen LogP contribution is -2.06.